The fourth-order valence-electron chi connectivity index (χ4n) is 2.19. The summed E-state index contributed by atoms with van der Waals surface area (Å²) in [7, 11) is 0. The Morgan fingerprint density at radius 1 is 1.19 bits per heavy atom. The Kier molecular flexibility index (Phi) is 6.49. The molecule has 1 aromatic rings. The van der Waals surface area contributed by atoms with Crippen LogP contribution in [0.2, 0.25) is 10.0 Å². The van der Waals surface area contributed by atoms with Gasteiger partial charge in [0, 0.05) is 5.54 Å². The predicted molar refractivity (Wildman–Crippen MR) is 83.9 cm³/mol. The average molecular weight is 332 g/mol. The minimum absolute atomic E-state index is 0.0902. The summed E-state index contributed by atoms with van der Waals surface area (Å²) in [4.78, 5) is 23.1. The van der Waals surface area contributed by atoms with Crippen molar-refractivity contribution >= 4 is 35.1 Å². The van der Waals surface area contributed by atoms with Crippen molar-refractivity contribution < 1.29 is 14.7 Å². The number of rotatable bonds is 7. The van der Waals surface area contributed by atoms with E-state index in [-0.39, 0.29) is 18.7 Å². The van der Waals surface area contributed by atoms with Gasteiger partial charge in [-0.05, 0) is 30.5 Å². The van der Waals surface area contributed by atoms with Crippen molar-refractivity contribution in [2.24, 2.45) is 0 Å². The Hall–Kier alpha value is -1.26. The number of carbonyl (C=O) groups excluding carboxylic acids is 1. The normalized spacial score (nSPS) is 11.2. The van der Waals surface area contributed by atoms with Gasteiger partial charge in [-0.25, -0.2) is 0 Å². The molecule has 0 aliphatic carbocycles. The van der Waals surface area contributed by atoms with Crippen LogP contribution in [0, 0.1) is 0 Å². The number of amides is 1. The zero-order valence-corrected chi connectivity index (χ0v) is 13.6. The van der Waals surface area contributed by atoms with Crippen molar-refractivity contribution in [2.75, 3.05) is 0 Å². The van der Waals surface area contributed by atoms with Crippen molar-refractivity contribution in [1.82, 2.24) is 5.32 Å². The first-order valence-corrected chi connectivity index (χ1v) is 7.54. The van der Waals surface area contributed by atoms with E-state index in [4.69, 9.17) is 28.3 Å². The van der Waals surface area contributed by atoms with Crippen LogP contribution in [0.4, 0.5) is 0 Å². The third kappa shape index (κ3) is 5.21. The topological polar surface area (TPSA) is 66.4 Å². The van der Waals surface area contributed by atoms with Crippen LogP contribution in [0.3, 0.4) is 0 Å². The largest absolute Gasteiger partial charge is 0.481 e. The number of halogens is 2. The molecule has 0 fully saturated rings. The predicted octanol–water partition coefficient (Wildman–Crippen LogP) is 3.69. The molecule has 0 aromatic heterocycles. The van der Waals surface area contributed by atoms with Crippen molar-refractivity contribution in [2.45, 2.75) is 45.1 Å². The maximum atomic E-state index is 12.1. The van der Waals surface area contributed by atoms with Crippen molar-refractivity contribution in [3.8, 4) is 0 Å². The van der Waals surface area contributed by atoms with E-state index in [0.717, 1.165) is 5.56 Å². The van der Waals surface area contributed by atoms with E-state index >= 15 is 0 Å². The third-order valence-corrected chi connectivity index (χ3v) is 4.34. The quantitative estimate of drug-likeness (QED) is 0.800. The van der Waals surface area contributed by atoms with Gasteiger partial charge >= 0.3 is 5.97 Å². The van der Waals surface area contributed by atoms with Crippen molar-refractivity contribution in [3.05, 3.63) is 33.8 Å². The molecule has 0 saturated heterocycles. The molecule has 21 heavy (non-hydrogen) atoms. The smallest absolute Gasteiger partial charge is 0.305 e. The number of nitrogens with one attached hydrogen (secondary N) is 1. The second-order valence-electron chi connectivity index (χ2n) is 5.03. The van der Waals surface area contributed by atoms with Gasteiger partial charge in [-0.3, -0.25) is 9.59 Å². The van der Waals surface area contributed by atoms with E-state index in [1.807, 2.05) is 13.8 Å². The fourth-order valence-corrected chi connectivity index (χ4v) is 2.51. The Morgan fingerprint density at radius 3 is 2.29 bits per heavy atom. The molecule has 1 aromatic carbocycles. The summed E-state index contributed by atoms with van der Waals surface area (Å²) in [5.74, 6) is -1.15. The summed E-state index contributed by atoms with van der Waals surface area (Å²) < 4.78 is 0. The maximum Gasteiger partial charge on any atom is 0.305 e. The number of hydrogen-bond acceptors (Lipinski definition) is 2. The molecule has 0 bridgehead atoms. The van der Waals surface area contributed by atoms with E-state index in [1.54, 1.807) is 18.2 Å². The molecular formula is C15H19Cl2NO3. The lowest BCUT2D eigenvalue weighted by molar-refractivity contribution is -0.139. The van der Waals surface area contributed by atoms with Crippen LogP contribution in [0.25, 0.3) is 0 Å². The lowest BCUT2D eigenvalue weighted by Gasteiger charge is -2.31. The Labute approximate surface area is 134 Å². The van der Waals surface area contributed by atoms with Gasteiger partial charge in [-0.1, -0.05) is 43.1 Å². The second kappa shape index (κ2) is 7.66. The molecule has 0 atom stereocenters. The number of hydrogen-bond donors (Lipinski definition) is 2. The van der Waals surface area contributed by atoms with Crippen LogP contribution in [-0.2, 0) is 16.0 Å². The molecule has 1 rings (SSSR count). The summed E-state index contributed by atoms with van der Waals surface area (Å²) in [6.07, 6.45) is 1.16. The molecule has 0 aliphatic rings. The SMILES string of the molecule is CCC(CC)(CC(=O)O)NC(=O)Cc1ccc(Cl)c(Cl)c1. The molecule has 116 valence electrons. The summed E-state index contributed by atoms with van der Waals surface area (Å²) in [5.41, 5.74) is 0.0254. The second-order valence-corrected chi connectivity index (χ2v) is 5.85. The van der Waals surface area contributed by atoms with E-state index in [2.05, 4.69) is 5.32 Å². The van der Waals surface area contributed by atoms with Gasteiger partial charge in [-0.15, -0.1) is 0 Å². The summed E-state index contributed by atoms with van der Waals surface area (Å²) in [6, 6.07) is 5.00. The van der Waals surface area contributed by atoms with E-state index < -0.39 is 11.5 Å². The monoisotopic (exact) mass is 331 g/mol. The van der Waals surface area contributed by atoms with Crippen molar-refractivity contribution in [1.29, 1.82) is 0 Å². The Bertz CT molecular complexity index is 528. The van der Waals surface area contributed by atoms with Crippen LogP contribution in [-0.4, -0.2) is 22.5 Å². The molecule has 0 aliphatic heterocycles. The van der Waals surface area contributed by atoms with Crippen LogP contribution in [0.5, 0.6) is 0 Å². The molecule has 2 N–H and O–H groups in total. The number of aliphatic carboxylic acids is 1. The highest BCUT2D eigenvalue weighted by Gasteiger charge is 2.30. The lowest BCUT2D eigenvalue weighted by atomic mass is 9.88. The molecule has 0 spiro atoms. The highest BCUT2D eigenvalue weighted by atomic mass is 35.5. The highest BCUT2D eigenvalue weighted by Crippen LogP contribution is 2.24. The van der Waals surface area contributed by atoms with Gasteiger partial charge in [0.1, 0.15) is 0 Å². The van der Waals surface area contributed by atoms with Gasteiger partial charge in [0.15, 0.2) is 0 Å². The van der Waals surface area contributed by atoms with Gasteiger partial charge in [-0.2, -0.15) is 0 Å². The summed E-state index contributed by atoms with van der Waals surface area (Å²) in [6.45, 7) is 3.73. The molecule has 0 heterocycles. The Morgan fingerprint density at radius 2 is 1.81 bits per heavy atom. The van der Waals surface area contributed by atoms with Crippen LogP contribution in [0.15, 0.2) is 18.2 Å². The lowest BCUT2D eigenvalue weighted by Crippen LogP contribution is -2.49. The van der Waals surface area contributed by atoms with Crippen LogP contribution in [0.1, 0.15) is 38.7 Å². The average Bonchev–Trinajstić information content (AvgIpc) is 2.41. The molecule has 0 radical (unpaired) electrons. The third-order valence-electron chi connectivity index (χ3n) is 3.60. The molecule has 0 unspecified atom stereocenters. The van der Waals surface area contributed by atoms with Gasteiger partial charge in [0.05, 0.1) is 22.9 Å². The molecule has 1 amide bonds. The molecule has 4 nitrogen and oxygen atoms in total. The number of carbonyl (C=O) groups is 2. The van der Waals surface area contributed by atoms with Crippen LogP contribution < -0.4 is 5.32 Å². The standard InChI is InChI=1S/C15H19Cl2NO3/c1-3-15(4-2,9-14(20)21)18-13(19)8-10-5-6-11(16)12(17)7-10/h5-7H,3-4,8-9H2,1-2H3,(H,18,19)(H,20,21). The number of carboxylic acids is 1. The zero-order valence-electron chi connectivity index (χ0n) is 12.1. The van der Waals surface area contributed by atoms with Gasteiger partial charge in [0.2, 0.25) is 5.91 Å². The number of carboxylic acid groups (broad SMARTS) is 1. The first kappa shape index (κ1) is 17.8. The fraction of sp³-hybridized carbons (Fsp3) is 0.467. The maximum absolute atomic E-state index is 12.1. The molecular weight excluding hydrogens is 313 g/mol. The molecule has 0 saturated carbocycles. The zero-order chi connectivity index (χ0) is 16.0. The minimum atomic E-state index is -0.923. The van der Waals surface area contributed by atoms with E-state index in [9.17, 15) is 9.59 Å². The summed E-state index contributed by atoms with van der Waals surface area (Å²) >= 11 is 11.7. The summed E-state index contributed by atoms with van der Waals surface area (Å²) in [5, 5.41) is 12.7. The van der Waals surface area contributed by atoms with Crippen LogP contribution >= 0.6 is 23.2 Å². The Balaban J connectivity index is 2.78. The number of benzene rings is 1. The van der Waals surface area contributed by atoms with Crippen molar-refractivity contribution in [3.63, 3.8) is 0 Å². The van der Waals surface area contributed by atoms with E-state index in [0.29, 0.717) is 22.9 Å². The first-order chi connectivity index (χ1) is 9.81. The van der Waals surface area contributed by atoms with E-state index in [1.165, 1.54) is 0 Å². The minimum Gasteiger partial charge on any atom is -0.481 e. The first-order valence-electron chi connectivity index (χ1n) is 6.78. The highest BCUT2D eigenvalue weighted by molar-refractivity contribution is 6.42. The van der Waals surface area contributed by atoms with Gasteiger partial charge in [0.25, 0.3) is 0 Å². The van der Waals surface area contributed by atoms with Gasteiger partial charge < -0.3 is 10.4 Å². The molecule has 6 heteroatoms.